The molecular weight excluding hydrogens is 292 g/mol. The number of rotatable bonds is 4. The number of H-pyrrole nitrogens is 1. The Morgan fingerprint density at radius 3 is 2.86 bits per heavy atom. The second-order valence-electron chi connectivity index (χ2n) is 4.44. The molecule has 0 aliphatic rings. The Hall–Kier alpha value is -2.53. The first-order chi connectivity index (χ1) is 10.1. The summed E-state index contributed by atoms with van der Waals surface area (Å²) in [6.45, 7) is 0.223. The van der Waals surface area contributed by atoms with E-state index >= 15 is 0 Å². The van der Waals surface area contributed by atoms with Gasteiger partial charge in [0.15, 0.2) is 0 Å². The molecule has 1 heterocycles. The Balaban J connectivity index is 1.82. The smallest absolute Gasteiger partial charge is 0.335 e. The van der Waals surface area contributed by atoms with Crippen molar-refractivity contribution in [2.24, 2.45) is 0 Å². The van der Waals surface area contributed by atoms with Crippen LogP contribution in [0.4, 0.5) is 0 Å². The summed E-state index contributed by atoms with van der Waals surface area (Å²) >= 11 is 6.00. The molecule has 2 aromatic carbocycles. The summed E-state index contributed by atoms with van der Waals surface area (Å²) in [5.74, 6) is 0.207. The number of hydrogen-bond acceptors (Lipinski definition) is 3. The van der Waals surface area contributed by atoms with Crippen LogP contribution >= 0.6 is 11.6 Å². The highest BCUT2D eigenvalue weighted by molar-refractivity contribution is 6.32. The number of nitrogens with zero attached hydrogens (tertiary/aromatic N) is 1. The van der Waals surface area contributed by atoms with Gasteiger partial charge in [-0.3, -0.25) is 0 Å². The summed E-state index contributed by atoms with van der Waals surface area (Å²) in [7, 11) is 0. The van der Waals surface area contributed by atoms with Gasteiger partial charge < -0.3 is 14.8 Å². The van der Waals surface area contributed by atoms with Crippen LogP contribution in [0.5, 0.6) is 5.75 Å². The van der Waals surface area contributed by atoms with Crippen LogP contribution in [0.25, 0.3) is 11.0 Å². The summed E-state index contributed by atoms with van der Waals surface area (Å²) in [6, 6.07) is 11.9. The van der Waals surface area contributed by atoms with Crippen molar-refractivity contribution in [2.45, 2.75) is 6.61 Å². The number of carboxylic acids is 1. The van der Waals surface area contributed by atoms with Gasteiger partial charge in [-0.05, 0) is 30.3 Å². The SMILES string of the molecule is O=C(O)c1ccc2nc(COc3ccccc3Cl)[nH]c2c1. The third-order valence-electron chi connectivity index (χ3n) is 2.98. The molecule has 3 rings (SSSR count). The van der Waals surface area contributed by atoms with E-state index < -0.39 is 5.97 Å². The highest BCUT2D eigenvalue weighted by Crippen LogP contribution is 2.24. The summed E-state index contributed by atoms with van der Waals surface area (Å²) in [5, 5.41) is 9.49. The lowest BCUT2D eigenvalue weighted by atomic mass is 10.2. The summed E-state index contributed by atoms with van der Waals surface area (Å²) in [5.41, 5.74) is 1.56. The number of imidazole rings is 1. The van der Waals surface area contributed by atoms with Gasteiger partial charge in [-0.25, -0.2) is 9.78 Å². The summed E-state index contributed by atoms with van der Waals surface area (Å²) in [4.78, 5) is 18.3. The second kappa shape index (κ2) is 5.46. The quantitative estimate of drug-likeness (QED) is 0.773. The predicted octanol–water partition coefficient (Wildman–Crippen LogP) is 3.49. The number of fused-ring (bicyclic) bond motifs is 1. The van der Waals surface area contributed by atoms with Gasteiger partial charge in [-0.2, -0.15) is 0 Å². The lowest BCUT2D eigenvalue weighted by Crippen LogP contribution is -1.97. The van der Waals surface area contributed by atoms with Gasteiger partial charge in [-0.1, -0.05) is 23.7 Å². The Labute approximate surface area is 125 Å². The molecule has 0 aliphatic heterocycles. The fourth-order valence-electron chi connectivity index (χ4n) is 1.97. The number of hydrogen-bond donors (Lipinski definition) is 2. The number of para-hydroxylation sites is 1. The molecule has 0 aliphatic carbocycles. The van der Waals surface area contributed by atoms with Crippen LogP contribution in [0.15, 0.2) is 42.5 Å². The van der Waals surface area contributed by atoms with E-state index in [0.717, 1.165) is 0 Å². The molecule has 5 nitrogen and oxygen atoms in total. The average molecular weight is 303 g/mol. The number of carbonyl (C=O) groups is 1. The predicted molar refractivity (Wildman–Crippen MR) is 78.8 cm³/mol. The minimum atomic E-state index is -0.972. The van der Waals surface area contributed by atoms with E-state index in [1.807, 2.05) is 12.1 Å². The van der Waals surface area contributed by atoms with Crippen LogP contribution in [0.2, 0.25) is 5.02 Å². The molecule has 21 heavy (non-hydrogen) atoms. The number of aromatic nitrogens is 2. The van der Waals surface area contributed by atoms with Crippen molar-refractivity contribution in [3.8, 4) is 5.75 Å². The van der Waals surface area contributed by atoms with Crippen molar-refractivity contribution in [2.75, 3.05) is 0 Å². The molecule has 2 N–H and O–H groups in total. The van der Waals surface area contributed by atoms with Crippen molar-refractivity contribution >= 4 is 28.6 Å². The van der Waals surface area contributed by atoms with Crippen molar-refractivity contribution in [1.82, 2.24) is 9.97 Å². The van der Waals surface area contributed by atoms with Gasteiger partial charge in [0, 0.05) is 0 Å². The number of halogens is 1. The maximum Gasteiger partial charge on any atom is 0.335 e. The molecule has 0 atom stereocenters. The highest BCUT2D eigenvalue weighted by Gasteiger charge is 2.08. The highest BCUT2D eigenvalue weighted by atomic mass is 35.5. The number of benzene rings is 2. The Bertz CT molecular complexity index is 814. The maximum atomic E-state index is 10.9. The summed E-state index contributed by atoms with van der Waals surface area (Å²) in [6.07, 6.45) is 0. The molecule has 0 unspecified atom stereocenters. The number of ether oxygens (including phenoxy) is 1. The van der Waals surface area contributed by atoms with E-state index in [2.05, 4.69) is 9.97 Å². The molecule has 0 saturated heterocycles. The van der Waals surface area contributed by atoms with E-state index in [1.54, 1.807) is 24.3 Å². The molecule has 0 spiro atoms. The molecular formula is C15H11ClN2O3. The molecule has 1 aromatic heterocycles. The van der Waals surface area contributed by atoms with Crippen LogP contribution < -0.4 is 4.74 Å². The normalized spacial score (nSPS) is 10.7. The first-order valence-electron chi connectivity index (χ1n) is 6.23. The van der Waals surface area contributed by atoms with Crippen LogP contribution in [0, 0.1) is 0 Å². The third-order valence-corrected chi connectivity index (χ3v) is 3.29. The Morgan fingerprint density at radius 1 is 1.29 bits per heavy atom. The zero-order valence-corrected chi connectivity index (χ0v) is 11.6. The minimum absolute atomic E-state index is 0.213. The average Bonchev–Trinajstić information content (AvgIpc) is 2.88. The van der Waals surface area contributed by atoms with E-state index in [-0.39, 0.29) is 12.2 Å². The van der Waals surface area contributed by atoms with Gasteiger partial charge in [0.2, 0.25) is 0 Å². The fourth-order valence-corrected chi connectivity index (χ4v) is 2.16. The largest absolute Gasteiger partial charge is 0.484 e. The topological polar surface area (TPSA) is 75.2 Å². The lowest BCUT2D eigenvalue weighted by molar-refractivity contribution is 0.0697. The first-order valence-corrected chi connectivity index (χ1v) is 6.60. The molecule has 0 amide bonds. The number of aromatic amines is 1. The maximum absolute atomic E-state index is 10.9. The second-order valence-corrected chi connectivity index (χ2v) is 4.85. The van der Waals surface area contributed by atoms with Gasteiger partial charge in [-0.15, -0.1) is 0 Å². The van der Waals surface area contributed by atoms with Crippen LogP contribution in [0.3, 0.4) is 0 Å². The number of carboxylic acid groups (broad SMARTS) is 1. The fraction of sp³-hybridized carbons (Fsp3) is 0.0667. The van der Waals surface area contributed by atoms with E-state index in [0.29, 0.717) is 27.6 Å². The van der Waals surface area contributed by atoms with Crippen molar-refractivity contribution in [3.05, 3.63) is 58.9 Å². The molecule has 0 saturated carbocycles. The Morgan fingerprint density at radius 2 is 2.10 bits per heavy atom. The van der Waals surface area contributed by atoms with Gasteiger partial charge in [0.1, 0.15) is 18.2 Å². The Kier molecular flexibility index (Phi) is 3.50. The van der Waals surface area contributed by atoms with Gasteiger partial charge in [0.25, 0.3) is 0 Å². The van der Waals surface area contributed by atoms with Crippen molar-refractivity contribution in [3.63, 3.8) is 0 Å². The molecule has 6 heteroatoms. The molecule has 3 aromatic rings. The van der Waals surface area contributed by atoms with E-state index in [1.165, 1.54) is 6.07 Å². The van der Waals surface area contributed by atoms with Crippen LogP contribution in [0.1, 0.15) is 16.2 Å². The minimum Gasteiger partial charge on any atom is -0.484 e. The lowest BCUT2D eigenvalue weighted by Gasteiger charge is -2.05. The number of nitrogens with one attached hydrogen (secondary N) is 1. The molecule has 106 valence electrons. The van der Waals surface area contributed by atoms with E-state index in [9.17, 15) is 4.79 Å². The van der Waals surface area contributed by atoms with Crippen LogP contribution in [-0.4, -0.2) is 21.0 Å². The third kappa shape index (κ3) is 2.83. The summed E-state index contributed by atoms with van der Waals surface area (Å²) < 4.78 is 5.59. The molecule has 0 fully saturated rings. The molecule has 0 radical (unpaired) electrons. The number of aromatic carboxylic acids is 1. The zero-order valence-electron chi connectivity index (χ0n) is 10.8. The monoisotopic (exact) mass is 302 g/mol. The van der Waals surface area contributed by atoms with E-state index in [4.69, 9.17) is 21.4 Å². The molecule has 0 bridgehead atoms. The van der Waals surface area contributed by atoms with Crippen LogP contribution in [-0.2, 0) is 6.61 Å². The van der Waals surface area contributed by atoms with Gasteiger partial charge >= 0.3 is 5.97 Å². The zero-order chi connectivity index (χ0) is 14.8. The van der Waals surface area contributed by atoms with Crippen molar-refractivity contribution < 1.29 is 14.6 Å². The first kappa shape index (κ1) is 13.5. The standard InChI is InChI=1S/C15H11ClN2O3/c16-10-3-1-2-4-13(10)21-8-14-17-11-6-5-9(15(19)20)7-12(11)18-14/h1-7H,8H2,(H,17,18)(H,19,20). The van der Waals surface area contributed by atoms with Gasteiger partial charge in [0.05, 0.1) is 21.6 Å². The van der Waals surface area contributed by atoms with Crippen molar-refractivity contribution in [1.29, 1.82) is 0 Å².